The van der Waals surface area contributed by atoms with Crippen LogP contribution in [-0.4, -0.2) is 56.5 Å². The van der Waals surface area contributed by atoms with Gasteiger partial charge in [-0.15, -0.1) is 0 Å². The molecule has 11 nitrogen and oxygen atoms in total. The summed E-state index contributed by atoms with van der Waals surface area (Å²) < 4.78 is 5.15. The third-order valence-electron chi connectivity index (χ3n) is 5.70. The number of hydrogen-bond acceptors (Lipinski definition) is 8. The topological polar surface area (TPSA) is 168 Å². The number of amides is 1. The van der Waals surface area contributed by atoms with Crippen LogP contribution in [0.3, 0.4) is 0 Å². The number of benzene rings is 2. The van der Waals surface area contributed by atoms with E-state index in [1.54, 1.807) is 0 Å². The van der Waals surface area contributed by atoms with Crippen LogP contribution in [0.25, 0.3) is 5.76 Å². The van der Waals surface area contributed by atoms with Gasteiger partial charge in [0.25, 0.3) is 17.4 Å². The number of phenolic OH excluding ortho intramolecular Hbond substituents is 1. The Balaban J connectivity index is 2.04. The number of aromatic hydroxyl groups is 1. The van der Waals surface area contributed by atoms with Gasteiger partial charge < -0.3 is 25.0 Å². The van der Waals surface area contributed by atoms with E-state index in [1.165, 1.54) is 54.5 Å². The normalized spacial score (nSPS) is 16.9. The number of hydrogen-bond donors (Lipinski definition) is 3. The lowest BCUT2D eigenvalue weighted by atomic mass is 9.94. The highest BCUT2D eigenvalue weighted by atomic mass is 16.6. The quantitative estimate of drug-likeness (QED) is 0.114. The molecule has 2 aromatic rings. The Morgan fingerprint density at radius 1 is 1.09 bits per heavy atom. The van der Waals surface area contributed by atoms with E-state index in [0.717, 1.165) is 0 Å². The molecule has 1 heterocycles. The van der Waals surface area contributed by atoms with Gasteiger partial charge in [-0.1, -0.05) is 12.5 Å². The number of methoxy groups -OCH3 is 1. The number of carbonyl (C=O) groups is 3. The number of unbranched alkanes of at least 4 members (excludes halogenated alkanes) is 2. The van der Waals surface area contributed by atoms with Crippen molar-refractivity contribution >= 4 is 29.1 Å². The fourth-order valence-electron chi connectivity index (χ4n) is 3.95. The maximum atomic E-state index is 13.0. The van der Waals surface area contributed by atoms with Crippen LogP contribution in [0.5, 0.6) is 11.5 Å². The molecule has 0 aliphatic carbocycles. The number of aliphatic carboxylic acids is 1. The second-order valence-corrected chi connectivity index (χ2v) is 7.93. The molecule has 0 radical (unpaired) electrons. The van der Waals surface area contributed by atoms with Gasteiger partial charge in [0.1, 0.15) is 5.76 Å². The van der Waals surface area contributed by atoms with Crippen LogP contribution in [0.4, 0.5) is 5.69 Å². The smallest absolute Gasteiger partial charge is 0.303 e. The van der Waals surface area contributed by atoms with Gasteiger partial charge in [-0.25, -0.2) is 0 Å². The zero-order chi connectivity index (χ0) is 25.7. The Hall–Kier alpha value is -4.41. The molecule has 1 aliphatic heterocycles. The van der Waals surface area contributed by atoms with Crippen molar-refractivity contribution in [2.75, 3.05) is 13.7 Å². The number of phenols is 1. The predicted octanol–water partition coefficient (Wildman–Crippen LogP) is 3.38. The summed E-state index contributed by atoms with van der Waals surface area (Å²) in [5, 5.41) is 40.7. The number of carbonyl (C=O) groups excluding carboxylic acids is 2. The van der Waals surface area contributed by atoms with Crippen LogP contribution >= 0.6 is 0 Å². The number of aliphatic hydroxyl groups is 1. The van der Waals surface area contributed by atoms with Gasteiger partial charge in [0.15, 0.2) is 11.5 Å². The number of carboxylic acids is 1. The fourth-order valence-corrected chi connectivity index (χ4v) is 3.95. The summed E-state index contributed by atoms with van der Waals surface area (Å²) in [4.78, 5) is 48.3. The Labute approximate surface area is 200 Å². The van der Waals surface area contributed by atoms with E-state index in [9.17, 15) is 34.7 Å². The second kappa shape index (κ2) is 10.7. The molecule has 11 heteroatoms. The first-order valence-electron chi connectivity index (χ1n) is 10.8. The van der Waals surface area contributed by atoms with E-state index in [1.807, 2.05) is 0 Å². The number of ketones is 1. The molecule has 1 atom stereocenters. The van der Waals surface area contributed by atoms with Crippen molar-refractivity contribution in [2.45, 2.75) is 31.7 Å². The monoisotopic (exact) mass is 484 g/mol. The van der Waals surface area contributed by atoms with Crippen LogP contribution < -0.4 is 4.74 Å². The largest absolute Gasteiger partial charge is 0.507 e. The molecule has 184 valence electrons. The van der Waals surface area contributed by atoms with E-state index < -0.39 is 34.4 Å². The lowest BCUT2D eigenvalue weighted by molar-refractivity contribution is -0.384. The van der Waals surface area contributed by atoms with Crippen molar-refractivity contribution in [3.8, 4) is 11.5 Å². The zero-order valence-electron chi connectivity index (χ0n) is 18.8. The number of Topliss-reactive ketones (excluding diaryl/α,β-unsaturated/α-hetero) is 1. The third kappa shape index (κ3) is 5.40. The average molecular weight is 484 g/mol. The van der Waals surface area contributed by atoms with Gasteiger partial charge in [0.2, 0.25) is 0 Å². The standard InChI is InChI=1S/C24H24N2O9/c1-35-18-13-15(8-11-17(18)27)21-20(22(30)14-6-9-16(10-7-14)26(33)34)23(31)24(32)25(21)12-4-2-3-5-19(28)29/h6-11,13,21,27,30H,2-5,12H2,1H3,(H,28,29)/t21-/m1/s1. The number of nitrogens with zero attached hydrogens (tertiary/aromatic N) is 2. The Kier molecular flexibility index (Phi) is 7.69. The lowest BCUT2D eigenvalue weighted by Crippen LogP contribution is -2.30. The van der Waals surface area contributed by atoms with Gasteiger partial charge in [-0.3, -0.25) is 24.5 Å². The van der Waals surface area contributed by atoms with Crippen molar-refractivity contribution in [2.24, 2.45) is 0 Å². The highest BCUT2D eigenvalue weighted by Crippen LogP contribution is 2.42. The SMILES string of the molecule is COc1cc([C@@H]2C(=C(O)c3ccc([N+](=O)[O-])cc3)C(=O)C(=O)N2CCCCCC(=O)O)ccc1O. The fraction of sp³-hybridized carbons (Fsp3) is 0.292. The van der Waals surface area contributed by atoms with Gasteiger partial charge in [-0.05, 0) is 42.7 Å². The number of rotatable bonds is 10. The predicted molar refractivity (Wildman–Crippen MR) is 123 cm³/mol. The highest BCUT2D eigenvalue weighted by molar-refractivity contribution is 6.46. The summed E-state index contributed by atoms with van der Waals surface area (Å²) in [5.74, 6) is -3.25. The first-order valence-corrected chi connectivity index (χ1v) is 10.8. The van der Waals surface area contributed by atoms with Crippen LogP contribution in [0.1, 0.15) is 42.9 Å². The van der Waals surface area contributed by atoms with Crippen molar-refractivity contribution in [1.82, 2.24) is 4.90 Å². The van der Waals surface area contributed by atoms with E-state index in [-0.39, 0.29) is 41.3 Å². The first-order chi connectivity index (χ1) is 16.6. The molecule has 1 saturated heterocycles. The molecule has 35 heavy (non-hydrogen) atoms. The Bertz CT molecular complexity index is 1190. The van der Waals surface area contributed by atoms with Crippen LogP contribution in [0.2, 0.25) is 0 Å². The van der Waals surface area contributed by atoms with E-state index in [2.05, 4.69) is 0 Å². The minimum Gasteiger partial charge on any atom is -0.507 e. The van der Waals surface area contributed by atoms with Crippen LogP contribution in [-0.2, 0) is 14.4 Å². The summed E-state index contributed by atoms with van der Waals surface area (Å²) in [6, 6.07) is 8.18. The molecular formula is C24H24N2O9. The average Bonchev–Trinajstić information content (AvgIpc) is 3.08. The van der Waals surface area contributed by atoms with E-state index in [4.69, 9.17) is 9.84 Å². The highest BCUT2D eigenvalue weighted by Gasteiger charge is 2.46. The van der Waals surface area contributed by atoms with Gasteiger partial charge in [0.05, 0.1) is 23.6 Å². The number of likely N-dealkylation sites (tertiary alicyclic amines) is 1. The molecule has 0 aromatic heterocycles. The molecule has 1 fully saturated rings. The number of nitro benzene ring substituents is 1. The molecule has 1 aliphatic rings. The zero-order valence-corrected chi connectivity index (χ0v) is 18.8. The number of nitro groups is 1. The van der Waals surface area contributed by atoms with Gasteiger partial charge in [-0.2, -0.15) is 0 Å². The molecule has 0 spiro atoms. The van der Waals surface area contributed by atoms with Gasteiger partial charge in [0, 0.05) is 30.7 Å². The third-order valence-corrected chi connectivity index (χ3v) is 5.70. The molecule has 1 amide bonds. The first kappa shape index (κ1) is 25.2. The van der Waals surface area contributed by atoms with Crippen molar-refractivity contribution in [1.29, 1.82) is 0 Å². The summed E-state index contributed by atoms with van der Waals surface area (Å²) >= 11 is 0. The Morgan fingerprint density at radius 3 is 2.37 bits per heavy atom. The summed E-state index contributed by atoms with van der Waals surface area (Å²) in [6.45, 7) is 0.120. The molecule has 2 aromatic carbocycles. The number of carboxylic acid groups (broad SMARTS) is 1. The van der Waals surface area contributed by atoms with E-state index in [0.29, 0.717) is 24.8 Å². The maximum absolute atomic E-state index is 13.0. The number of non-ortho nitro benzene ring substituents is 1. The summed E-state index contributed by atoms with van der Waals surface area (Å²) in [6.07, 6.45) is 1.31. The summed E-state index contributed by atoms with van der Waals surface area (Å²) in [5.41, 5.74) is 0.101. The molecule has 0 bridgehead atoms. The second-order valence-electron chi connectivity index (χ2n) is 7.93. The summed E-state index contributed by atoms with van der Waals surface area (Å²) in [7, 11) is 1.34. The van der Waals surface area contributed by atoms with Crippen molar-refractivity contribution in [3.05, 3.63) is 69.3 Å². The van der Waals surface area contributed by atoms with Gasteiger partial charge >= 0.3 is 5.97 Å². The molecule has 0 unspecified atom stereocenters. The number of aliphatic hydroxyl groups excluding tert-OH is 1. The Morgan fingerprint density at radius 2 is 1.77 bits per heavy atom. The van der Waals surface area contributed by atoms with Crippen molar-refractivity contribution < 1.29 is 39.4 Å². The lowest BCUT2D eigenvalue weighted by Gasteiger charge is -2.25. The molecular weight excluding hydrogens is 460 g/mol. The molecule has 0 saturated carbocycles. The molecule has 3 rings (SSSR count). The van der Waals surface area contributed by atoms with Crippen molar-refractivity contribution in [3.63, 3.8) is 0 Å². The minimum absolute atomic E-state index is 0.0163. The minimum atomic E-state index is -1.01. The number of ether oxygens (including phenoxy) is 1. The van der Waals surface area contributed by atoms with E-state index >= 15 is 0 Å². The van der Waals surface area contributed by atoms with Crippen LogP contribution in [0, 0.1) is 10.1 Å². The molecule has 3 N–H and O–H groups in total. The van der Waals surface area contributed by atoms with Crippen LogP contribution in [0.15, 0.2) is 48.0 Å². The maximum Gasteiger partial charge on any atom is 0.303 e.